The van der Waals surface area contributed by atoms with Crippen molar-refractivity contribution in [1.82, 2.24) is 19.4 Å². The van der Waals surface area contributed by atoms with Gasteiger partial charge in [0.2, 0.25) is 15.9 Å². The minimum absolute atomic E-state index is 0.0154. The maximum absolute atomic E-state index is 13.5. The van der Waals surface area contributed by atoms with E-state index in [2.05, 4.69) is 24.1 Å². The van der Waals surface area contributed by atoms with Crippen molar-refractivity contribution in [2.75, 3.05) is 66.0 Å². The number of piperidine rings is 1. The Balaban J connectivity index is 1.70. The van der Waals surface area contributed by atoms with Gasteiger partial charge < -0.3 is 19.9 Å². The summed E-state index contributed by atoms with van der Waals surface area (Å²) in [7, 11) is -2.16. The fourth-order valence-corrected chi connectivity index (χ4v) is 6.20. The lowest BCUT2D eigenvalue weighted by Crippen LogP contribution is -2.48. The summed E-state index contributed by atoms with van der Waals surface area (Å²) in [5.74, 6) is 1.85. The van der Waals surface area contributed by atoms with E-state index < -0.39 is 10.0 Å². The summed E-state index contributed by atoms with van der Waals surface area (Å²) in [5.41, 5.74) is 0. The fourth-order valence-electron chi connectivity index (χ4n) is 4.77. The van der Waals surface area contributed by atoms with Crippen LogP contribution in [0.15, 0.2) is 29.2 Å². The van der Waals surface area contributed by atoms with Crippen molar-refractivity contribution in [2.24, 2.45) is 11.8 Å². The summed E-state index contributed by atoms with van der Waals surface area (Å²) in [5, 5.41) is 3.24. The van der Waals surface area contributed by atoms with E-state index in [0.29, 0.717) is 43.8 Å². The van der Waals surface area contributed by atoms with Crippen LogP contribution in [0.4, 0.5) is 0 Å². The van der Waals surface area contributed by atoms with Crippen molar-refractivity contribution >= 4 is 15.9 Å². The first-order valence-corrected chi connectivity index (χ1v) is 13.1. The average Bonchev–Trinajstić information content (AvgIpc) is 2.78. The number of hydrogen-bond donors (Lipinski definition) is 1. The zero-order valence-corrected chi connectivity index (χ0v) is 20.4. The molecule has 0 unspecified atom stereocenters. The SMILES string of the molecule is COc1ccc(S(=O)(=O)N(CCC(=O)N2CCNCC2)CCN2C[C@H](C)C[C@@H](C)C2)cc1. The number of carbonyl (C=O) groups excluding carboxylic acids is 1. The van der Waals surface area contributed by atoms with Crippen LogP contribution in [-0.2, 0) is 14.8 Å². The van der Waals surface area contributed by atoms with Crippen LogP contribution >= 0.6 is 0 Å². The van der Waals surface area contributed by atoms with E-state index in [0.717, 1.165) is 26.2 Å². The molecule has 2 saturated heterocycles. The topological polar surface area (TPSA) is 82.2 Å². The standard InChI is InChI=1S/C23H38N4O4S/c1-19-16-20(2)18-25(17-19)14-15-27(11-8-23(28)26-12-9-24-10-13-26)32(29,30)22-6-4-21(31-3)5-7-22/h4-7,19-20,24H,8-18H2,1-3H3/t19-,20-/m1/s1. The number of likely N-dealkylation sites (tertiary alicyclic amines) is 1. The van der Waals surface area contributed by atoms with Gasteiger partial charge in [-0.15, -0.1) is 0 Å². The average molecular weight is 467 g/mol. The Morgan fingerprint density at radius 2 is 1.72 bits per heavy atom. The molecule has 2 heterocycles. The van der Waals surface area contributed by atoms with E-state index in [1.54, 1.807) is 31.4 Å². The number of amides is 1. The van der Waals surface area contributed by atoms with Crippen molar-refractivity contribution in [3.63, 3.8) is 0 Å². The number of nitrogens with one attached hydrogen (secondary N) is 1. The van der Waals surface area contributed by atoms with Crippen LogP contribution in [-0.4, -0.2) is 94.4 Å². The van der Waals surface area contributed by atoms with Crippen LogP contribution in [0.5, 0.6) is 5.75 Å². The Labute approximate surface area is 192 Å². The maximum atomic E-state index is 13.5. The summed E-state index contributed by atoms with van der Waals surface area (Å²) < 4.78 is 33.6. The Hall–Kier alpha value is -1.68. The molecule has 2 atom stereocenters. The molecule has 0 bridgehead atoms. The molecule has 1 amide bonds. The molecular formula is C23H38N4O4S. The van der Waals surface area contributed by atoms with Gasteiger partial charge in [0.15, 0.2) is 0 Å². The van der Waals surface area contributed by atoms with Crippen LogP contribution in [0.2, 0.25) is 0 Å². The van der Waals surface area contributed by atoms with E-state index in [4.69, 9.17) is 4.74 Å². The molecule has 0 radical (unpaired) electrons. The number of benzene rings is 1. The van der Waals surface area contributed by atoms with Gasteiger partial charge in [-0.25, -0.2) is 8.42 Å². The number of piperazine rings is 1. The van der Waals surface area contributed by atoms with Gasteiger partial charge in [0.05, 0.1) is 12.0 Å². The monoisotopic (exact) mass is 466 g/mol. The first-order valence-electron chi connectivity index (χ1n) is 11.6. The minimum atomic E-state index is -3.71. The summed E-state index contributed by atoms with van der Waals surface area (Å²) >= 11 is 0. The van der Waals surface area contributed by atoms with Gasteiger partial charge in [0, 0.05) is 65.3 Å². The molecule has 0 saturated carbocycles. The highest BCUT2D eigenvalue weighted by Gasteiger charge is 2.28. The van der Waals surface area contributed by atoms with E-state index in [9.17, 15) is 13.2 Å². The lowest BCUT2D eigenvalue weighted by Gasteiger charge is -2.36. The first kappa shape index (κ1) is 25.0. The second-order valence-electron chi connectivity index (χ2n) is 9.17. The van der Waals surface area contributed by atoms with Crippen LogP contribution in [0.25, 0.3) is 0 Å². The number of carbonyl (C=O) groups is 1. The van der Waals surface area contributed by atoms with E-state index in [1.165, 1.54) is 10.7 Å². The molecule has 0 aromatic heterocycles. The van der Waals surface area contributed by atoms with Crippen LogP contribution in [0.3, 0.4) is 0 Å². The molecule has 1 aromatic rings. The zero-order chi connectivity index (χ0) is 23.1. The number of methoxy groups -OCH3 is 1. The normalized spacial score (nSPS) is 22.8. The van der Waals surface area contributed by atoms with Gasteiger partial charge in [-0.05, 0) is 42.5 Å². The number of ether oxygens (including phenoxy) is 1. The third-order valence-electron chi connectivity index (χ3n) is 6.35. The van der Waals surface area contributed by atoms with Crippen LogP contribution < -0.4 is 10.1 Å². The van der Waals surface area contributed by atoms with Crippen molar-refractivity contribution < 1.29 is 17.9 Å². The van der Waals surface area contributed by atoms with Gasteiger partial charge in [-0.2, -0.15) is 4.31 Å². The molecule has 180 valence electrons. The minimum Gasteiger partial charge on any atom is -0.497 e. The molecule has 2 fully saturated rings. The molecule has 9 heteroatoms. The van der Waals surface area contributed by atoms with Crippen LogP contribution in [0.1, 0.15) is 26.7 Å². The third kappa shape index (κ3) is 6.66. The molecule has 0 aliphatic carbocycles. The highest BCUT2D eigenvalue weighted by Crippen LogP contribution is 2.23. The number of hydrogen-bond acceptors (Lipinski definition) is 6. The molecule has 2 aliphatic heterocycles. The zero-order valence-electron chi connectivity index (χ0n) is 19.6. The number of sulfonamides is 1. The summed E-state index contributed by atoms with van der Waals surface area (Å²) in [4.78, 5) is 17.1. The van der Waals surface area contributed by atoms with Gasteiger partial charge in [0.1, 0.15) is 5.75 Å². The van der Waals surface area contributed by atoms with Crippen molar-refractivity contribution in [3.8, 4) is 5.75 Å². The van der Waals surface area contributed by atoms with Gasteiger partial charge in [-0.3, -0.25) is 4.79 Å². The lowest BCUT2D eigenvalue weighted by atomic mass is 9.92. The number of rotatable bonds is 9. The van der Waals surface area contributed by atoms with Crippen molar-refractivity contribution in [3.05, 3.63) is 24.3 Å². The van der Waals surface area contributed by atoms with Gasteiger partial charge >= 0.3 is 0 Å². The predicted molar refractivity (Wildman–Crippen MR) is 125 cm³/mol. The molecular weight excluding hydrogens is 428 g/mol. The lowest BCUT2D eigenvalue weighted by molar-refractivity contribution is -0.131. The van der Waals surface area contributed by atoms with E-state index in [-0.39, 0.29) is 23.8 Å². The second kappa shape index (κ2) is 11.4. The highest BCUT2D eigenvalue weighted by atomic mass is 32.2. The summed E-state index contributed by atoms with van der Waals surface area (Å²) in [6.45, 7) is 10.6. The summed E-state index contributed by atoms with van der Waals surface area (Å²) in [6, 6.07) is 6.46. The number of nitrogens with zero attached hydrogens (tertiary/aromatic N) is 3. The quantitative estimate of drug-likeness (QED) is 0.594. The van der Waals surface area contributed by atoms with E-state index >= 15 is 0 Å². The Morgan fingerprint density at radius 3 is 2.31 bits per heavy atom. The van der Waals surface area contributed by atoms with Gasteiger partial charge in [0.25, 0.3) is 0 Å². The molecule has 8 nitrogen and oxygen atoms in total. The third-order valence-corrected chi connectivity index (χ3v) is 8.26. The Morgan fingerprint density at radius 1 is 1.09 bits per heavy atom. The largest absolute Gasteiger partial charge is 0.497 e. The molecule has 1 N–H and O–H groups in total. The highest BCUT2D eigenvalue weighted by molar-refractivity contribution is 7.89. The van der Waals surface area contributed by atoms with Crippen molar-refractivity contribution in [1.29, 1.82) is 0 Å². The smallest absolute Gasteiger partial charge is 0.243 e. The second-order valence-corrected chi connectivity index (χ2v) is 11.1. The predicted octanol–water partition coefficient (Wildman–Crippen LogP) is 1.49. The Kier molecular flexibility index (Phi) is 8.93. The van der Waals surface area contributed by atoms with Crippen molar-refractivity contribution in [2.45, 2.75) is 31.6 Å². The van der Waals surface area contributed by atoms with E-state index in [1.807, 2.05) is 4.90 Å². The fraction of sp³-hybridized carbons (Fsp3) is 0.696. The van der Waals surface area contributed by atoms with Gasteiger partial charge in [-0.1, -0.05) is 13.8 Å². The molecule has 0 spiro atoms. The molecule has 1 aromatic carbocycles. The summed E-state index contributed by atoms with van der Waals surface area (Å²) in [6.07, 6.45) is 1.41. The molecule has 3 rings (SSSR count). The first-order chi connectivity index (χ1) is 15.3. The molecule has 2 aliphatic rings. The molecule has 32 heavy (non-hydrogen) atoms. The maximum Gasteiger partial charge on any atom is 0.243 e. The Bertz CT molecular complexity index is 830. The van der Waals surface area contributed by atoms with Crippen LogP contribution in [0, 0.1) is 11.8 Å².